The number of nitrogens with two attached hydrogens (primary N) is 1. The largest absolute Gasteiger partial charge is 0.338 e. The van der Waals surface area contributed by atoms with Crippen LogP contribution in [0.1, 0.15) is 35.2 Å². The van der Waals surface area contributed by atoms with E-state index in [1.807, 2.05) is 4.90 Å². The van der Waals surface area contributed by atoms with Gasteiger partial charge < -0.3 is 10.6 Å². The molecule has 1 aliphatic carbocycles. The lowest BCUT2D eigenvalue weighted by molar-refractivity contribution is -0.384. The second-order valence-electron chi connectivity index (χ2n) is 6.49. The summed E-state index contributed by atoms with van der Waals surface area (Å²) in [5.74, 6) is 0.871. The lowest BCUT2D eigenvalue weighted by Crippen LogP contribution is -2.38. The molecule has 0 aromatic heterocycles. The minimum Gasteiger partial charge on any atom is -0.338 e. The van der Waals surface area contributed by atoms with Crippen molar-refractivity contribution in [2.24, 2.45) is 17.6 Å². The van der Waals surface area contributed by atoms with E-state index >= 15 is 0 Å². The van der Waals surface area contributed by atoms with Crippen molar-refractivity contribution < 1.29 is 9.72 Å². The predicted octanol–water partition coefficient (Wildman–Crippen LogP) is 2.52. The van der Waals surface area contributed by atoms with Crippen LogP contribution < -0.4 is 5.73 Å². The summed E-state index contributed by atoms with van der Waals surface area (Å²) in [6, 6.07) is 4.61. The van der Waals surface area contributed by atoms with Crippen molar-refractivity contribution in [3.8, 4) is 0 Å². The number of fused-ring (bicyclic) bond motifs is 1. The number of aryl methyl sites for hydroxylation is 1. The SMILES string of the molecule is Cc1cc([N+](=O)[O-])ccc1C(=O)N1CC2CCCC(N)C2C1.Cl. The third-order valence-electron chi connectivity index (χ3n) is 5.09. The molecule has 1 amide bonds. The maximum atomic E-state index is 12.7. The van der Waals surface area contributed by atoms with Crippen molar-refractivity contribution in [2.45, 2.75) is 32.2 Å². The number of carbonyl (C=O) groups excluding carboxylic acids is 1. The maximum Gasteiger partial charge on any atom is 0.269 e. The molecule has 1 saturated carbocycles. The molecule has 1 aromatic rings. The van der Waals surface area contributed by atoms with Crippen LogP contribution in [0.15, 0.2) is 18.2 Å². The van der Waals surface area contributed by atoms with Crippen molar-refractivity contribution in [2.75, 3.05) is 13.1 Å². The smallest absolute Gasteiger partial charge is 0.269 e. The van der Waals surface area contributed by atoms with Crippen LogP contribution >= 0.6 is 12.4 Å². The second-order valence-corrected chi connectivity index (χ2v) is 6.49. The first-order valence-corrected chi connectivity index (χ1v) is 7.77. The van der Waals surface area contributed by atoms with E-state index < -0.39 is 4.92 Å². The van der Waals surface area contributed by atoms with E-state index in [9.17, 15) is 14.9 Å². The fourth-order valence-electron chi connectivity index (χ4n) is 3.85. The normalized spacial score (nSPS) is 26.3. The highest BCUT2D eigenvalue weighted by Crippen LogP contribution is 2.36. The highest BCUT2D eigenvalue weighted by molar-refractivity contribution is 5.96. The predicted molar refractivity (Wildman–Crippen MR) is 89.8 cm³/mol. The maximum absolute atomic E-state index is 12.7. The average molecular weight is 340 g/mol. The van der Waals surface area contributed by atoms with Gasteiger partial charge in [-0.25, -0.2) is 0 Å². The Morgan fingerprint density at radius 3 is 2.70 bits per heavy atom. The number of hydrogen-bond acceptors (Lipinski definition) is 4. The molecule has 6 nitrogen and oxygen atoms in total. The minimum atomic E-state index is -0.440. The molecule has 3 atom stereocenters. The van der Waals surface area contributed by atoms with Gasteiger partial charge in [-0.1, -0.05) is 6.42 Å². The molecule has 23 heavy (non-hydrogen) atoms. The number of amides is 1. The highest BCUT2D eigenvalue weighted by atomic mass is 35.5. The van der Waals surface area contributed by atoms with Gasteiger partial charge >= 0.3 is 0 Å². The fourth-order valence-corrected chi connectivity index (χ4v) is 3.85. The van der Waals surface area contributed by atoms with Gasteiger partial charge in [-0.15, -0.1) is 12.4 Å². The summed E-state index contributed by atoms with van der Waals surface area (Å²) in [7, 11) is 0. The van der Waals surface area contributed by atoms with Crippen LogP contribution in [0.2, 0.25) is 0 Å². The monoisotopic (exact) mass is 339 g/mol. The van der Waals surface area contributed by atoms with Crippen molar-refractivity contribution in [1.82, 2.24) is 4.90 Å². The van der Waals surface area contributed by atoms with Gasteiger partial charge in [-0.2, -0.15) is 0 Å². The number of likely N-dealkylation sites (tertiary alicyclic amines) is 1. The van der Waals surface area contributed by atoms with Gasteiger partial charge in [-0.05, 0) is 43.2 Å². The quantitative estimate of drug-likeness (QED) is 0.662. The Morgan fingerprint density at radius 2 is 2.09 bits per heavy atom. The number of nitro benzene ring substituents is 1. The number of benzene rings is 1. The molecule has 1 aromatic carbocycles. The third kappa shape index (κ3) is 3.33. The molecule has 1 aliphatic heterocycles. The Morgan fingerprint density at radius 1 is 1.35 bits per heavy atom. The van der Waals surface area contributed by atoms with E-state index in [0.29, 0.717) is 29.5 Å². The van der Waals surface area contributed by atoms with Crippen LogP contribution in [-0.2, 0) is 0 Å². The van der Waals surface area contributed by atoms with Gasteiger partial charge in [0.2, 0.25) is 0 Å². The number of nitrogens with zero attached hydrogens (tertiary/aromatic N) is 2. The van der Waals surface area contributed by atoms with Crippen LogP contribution in [0.25, 0.3) is 0 Å². The molecule has 0 radical (unpaired) electrons. The number of rotatable bonds is 2. The van der Waals surface area contributed by atoms with E-state index in [1.54, 1.807) is 13.0 Å². The summed E-state index contributed by atoms with van der Waals surface area (Å²) in [4.78, 5) is 24.9. The molecule has 2 fully saturated rings. The number of non-ortho nitro benzene ring substituents is 1. The van der Waals surface area contributed by atoms with Crippen molar-refractivity contribution >= 4 is 24.0 Å². The number of hydrogen-bond donors (Lipinski definition) is 1. The molecule has 3 unspecified atom stereocenters. The van der Waals surface area contributed by atoms with Gasteiger partial charge in [0.1, 0.15) is 0 Å². The topological polar surface area (TPSA) is 89.5 Å². The second kappa shape index (κ2) is 6.84. The zero-order chi connectivity index (χ0) is 15.9. The Balaban J connectivity index is 0.00000192. The zero-order valence-electron chi connectivity index (χ0n) is 13.1. The van der Waals surface area contributed by atoms with Gasteiger partial charge in [0.15, 0.2) is 0 Å². The number of carbonyl (C=O) groups is 1. The molecule has 1 saturated heterocycles. The molecule has 3 rings (SSSR count). The number of nitro groups is 1. The van der Waals surface area contributed by atoms with Crippen LogP contribution in [0.3, 0.4) is 0 Å². The van der Waals surface area contributed by atoms with E-state index in [0.717, 1.165) is 25.8 Å². The third-order valence-corrected chi connectivity index (χ3v) is 5.09. The summed E-state index contributed by atoms with van der Waals surface area (Å²) >= 11 is 0. The summed E-state index contributed by atoms with van der Waals surface area (Å²) in [6.07, 6.45) is 3.32. The van der Waals surface area contributed by atoms with Crippen LogP contribution in [0.5, 0.6) is 0 Å². The molecular weight excluding hydrogens is 318 g/mol. The van der Waals surface area contributed by atoms with Gasteiger partial charge in [0, 0.05) is 36.8 Å². The molecule has 0 spiro atoms. The standard InChI is InChI=1S/C16H21N3O3.ClH/c1-10-7-12(19(21)22)5-6-13(10)16(20)18-8-11-3-2-4-15(17)14(11)9-18;/h5-7,11,14-15H,2-4,8-9,17H2,1H3;1H. The molecule has 1 heterocycles. The summed E-state index contributed by atoms with van der Waals surface area (Å²) in [5.41, 5.74) is 7.42. The Labute approximate surface area is 141 Å². The summed E-state index contributed by atoms with van der Waals surface area (Å²) in [5, 5.41) is 10.8. The fraction of sp³-hybridized carbons (Fsp3) is 0.562. The highest BCUT2D eigenvalue weighted by Gasteiger charge is 2.40. The van der Waals surface area contributed by atoms with Crippen molar-refractivity contribution in [3.05, 3.63) is 39.4 Å². The molecular formula is C16H22ClN3O3. The lowest BCUT2D eigenvalue weighted by atomic mass is 9.78. The van der Waals surface area contributed by atoms with Gasteiger partial charge in [0.25, 0.3) is 11.6 Å². The average Bonchev–Trinajstić information content (AvgIpc) is 2.92. The van der Waals surface area contributed by atoms with Gasteiger partial charge in [-0.3, -0.25) is 14.9 Å². The molecule has 2 aliphatic rings. The molecule has 2 N–H and O–H groups in total. The van der Waals surface area contributed by atoms with Crippen molar-refractivity contribution in [3.63, 3.8) is 0 Å². The summed E-state index contributed by atoms with van der Waals surface area (Å²) < 4.78 is 0. The Bertz CT molecular complexity index is 623. The molecule has 7 heteroatoms. The first-order chi connectivity index (χ1) is 10.5. The minimum absolute atomic E-state index is 0. The van der Waals surface area contributed by atoms with Gasteiger partial charge in [0.05, 0.1) is 4.92 Å². The van der Waals surface area contributed by atoms with Crippen molar-refractivity contribution in [1.29, 1.82) is 0 Å². The van der Waals surface area contributed by atoms with E-state index in [2.05, 4.69) is 0 Å². The molecule has 126 valence electrons. The van der Waals surface area contributed by atoms with Crippen LogP contribution in [-0.4, -0.2) is 34.9 Å². The van der Waals surface area contributed by atoms with E-state index in [4.69, 9.17) is 5.73 Å². The first kappa shape index (κ1) is 17.7. The Kier molecular flexibility index (Phi) is 5.26. The Hall–Kier alpha value is -1.66. The number of halogens is 1. The first-order valence-electron chi connectivity index (χ1n) is 7.77. The zero-order valence-corrected chi connectivity index (χ0v) is 13.9. The van der Waals surface area contributed by atoms with E-state index in [1.165, 1.54) is 12.1 Å². The van der Waals surface area contributed by atoms with Crippen LogP contribution in [0.4, 0.5) is 5.69 Å². The molecule has 0 bridgehead atoms. The summed E-state index contributed by atoms with van der Waals surface area (Å²) in [6.45, 7) is 3.21. The van der Waals surface area contributed by atoms with E-state index in [-0.39, 0.29) is 30.0 Å². The van der Waals surface area contributed by atoms with Crippen LogP contribution in [0, 0.1) is 28.9 Å². The lowest BCUT2D eigenvalue weighted by Gasteiger charge is -2.29.